The van der Waals surface area contributed by atoms with Crippen LogP contribution >= 0.6 is 0 Å². The molecule has 0 fully saturated rings. The Morgan fingerprint density at radius 2 is 1.70 bits per heavy atom. The van der Waals surface area contributed by atoms with Crippen LogP contribution < -0.4 is 0 Å². The Labute approximate surface area is 60.6 Å². The minimum absolute atomic E-state index is 1.08. The Balaban J connectivity index is 4.76. The molecule has 0 aromatic heterocycles. The van der Waals surface area contributed by atoms with Crippen LogP contribution in [0.3, 0.4) is 0 Å². The zero-order valence-electron chi connectivity index (χ0n) is 6.20. The molecular weight excluding hydrogens is 156 g/mol. The molecule has 0 rings (SSSR count). The molecule has 0 radical (unpaired) electrons. The highest BCUT2D eigenvalue weighted by Crippen LogP contribution is 2.18. The zero-order chi connectivity index (χ0) is 8.58. The molecule has 0 aromatic rings. The van der Waals surface area contributed by atoms with Gasteiger partial charge in [-0.1, -0.05) is 0 Å². The summed E-state index contributed by atoms with van der Waals surface area (Å²) < 4.78 is 28.0. The van der Waals surface area contributed by atoms with Crippen molar-refractivity contribution in [2.75, 3.05) is 0 Å². The summed E-state index contributed by atoms with van der Waals surface area (Å²) in [4.78, 5) is 0. The van der Waals surface area contributed by atoms with Crippen LogP contribution in [-0.4, -0.2) is 28.9 Å². The SMILES string of the molecule is CC(O)C(C)(C)S(=O)(=O)O. The third-order valence-electron chi connectivity index (χ3n) is 1.67. The third kappa shape index (κ3) is 1.68. The summed E-state index contributed by atoms with van der Waals surface area (Å²) in [6.07, 6.45) is -1.08. The number of aliphatic hydroxyl groups is 1. The van der Waals surface area contributed by atoms with E-state index in [4.69, 9.17) is 9.66 Å². The van der Waals surface area contributed by atoms with Crippen LogP contribution in [0, 0.1) is 0 Å². The summed E-state index contributed by atoms with van der Waals surface area (Å²) in [5, 5.41) is 8.88. The van der Waals surface area contributed by atoms with Gasteiger partial charge in [0.2, 0.25) is 0 Å². The maximum absolute atomic E-state index is 10.5. The van der Waals surface area contributed by atoms with Crippen molar-refractivity contribution in [2.24, 2.45) is 0 Å². The van der Waals surface area contributed by atoms with E-state index in [1.165, 1.54) is 20.8 Å². The maximum Gasteiger partial charge on any atom is 0.272 e. The molecule has 2 N–H and O–H groups in total. The van der Waals surface area contributed by atoms with Crippen molar-refractivity contribution >= 4 is 10.1 Å². The zero-order valence-corrected chi connectivity index (χ0v) is 7.01. The summed E-state index contributed by atoms with van der Waals surface area (Å²) in [6, 6.07) is 0. The standard InChI is InChI=1S/C5H12O4S/c1-4(6)5(2,3)10(7,8)9/h4,6H,1-3H3,(H,7,8,9). The van der Waals surface area contributed by atoms with Crippen LogP contribution in [0.2, 0.25) is 0 Å². The molecule has 0 amide bonds. The fourth-order valence-electron chi connectivity index (χ4n) is 0.216. The van der Waals surface area contributed by atoms with Gasteiger partial charge in [0.15, 0.2) is 0 Å². The summed E-state index contributed by atoms with van der Waals surface area (Å²) in [6.45, 7) is 3.83. The highest BCUT2D eigenvalue weighted by atomic mass is 32.2. The van der Waals surface area contributed by atoms with Crippen molar-refractivity contribution in [1.82, 2.24) is 0 Å². The van der Waals surface area contributed by atoms with E-state index in [1.807, 2.05) is 0 Å². The van der Waals surface area contributed by atoms with Crippen molar-refractivity contribution in [1.29, 1.82) is 0 Å². The minimum Gasteiger partial charge on any atom is -0.392 e. The molecule has 1 atom stereocenters. The second-order valence-corrected chi connectivity index (χ2v) is 4.76. The Hall–Kier alpha value is -0.130. The van der Waals surface area contributed by atoms with E-state index in [0.29, 0.717) is 0 Å². The lowest BCUT2D eigenvalue weighted by molar-refractivity contribution is 0.151. The normalized spacial score (nSPS) is 16.9. The van der Waals surface area contributed by atoms with Crippen molar-refractivity contribution in [2.45, 2.75) is 31.6 Å². The third-order valence-corrected chi connectivity index (χ3v) is 3.34. The first kappa shape index (κ1) is 9.87. The topological polar surface area (TPSA) is 74.6 Å². The van der Waals surface area contributed by atoms with Gasteiger partial charge in [-0.3, -0.25) is 4.55 Å². The van der Waals surface area contributed by atoms with Crippen LogP contribution in [0.25, 0.3) is 0 Å². The molecule has 0 aliphatic heterocycles. The number of hydrogen-bond donors (Lipinski definition) is 2. The number of aliphatic hydroxyl groups excluding tert-OH is 1. The molecule has 10 heavy (non-hydrogen) atoms. The van der Waals surface area contributed by atoms with E-state index in [0.717, 1.165) is 0 Å². The van der Waals surface area contributed by atoms with Crippen LogP contribution in [0.4, 0.5) is 0 Å². The molecule has 0 saturated heterocycles. The van der Waals surface area contributed by atoms with Gasteiger partial charge in [-0.05, 0) is 20.8 Å². The molecule has 0 bridgehead atoms. The van der Waals surface area contributed by atoms with Gasteiger partial charge in [0.1, 0.15) is 4.75 Å². The largest absolute Gasteiger partial charge is 0.392 e. The first-order valence-electron chi connectivity index (χ1n) is 2.84. The Bertz CT molecular complexity index is 202. The van der Waals surface area contributed by atoms with Crippen molar-refractivity contribution in [3.05, 3.63) is 0 Å². The molecule has 0 aliphatic carbocycles. The molecule has 5 heteroatoms. The molecule has 0 saturated carbocycles. The van der Waals surface area contributed by atoms with Gasteiger partial charge in [-0.25, -0.2) is 0 Å². The summed E-state index contributed by atoms with van der Waals surface area (Å²) in [5.74, 6) is 0. The van der Waals surface area contributed by atoms with Gasteiger partial charge < -0.3 is 5.11 Å². The average Bonchev–Trinajstić information content (AvgIpc) is 1.62. The molecule has 0 heterocycles. The molecule has 1 unspecified atom stereocenters. The summed E-state index contributed by atoms with van der Waals surface area (Å²) in [7, 11) is -4.15. The lowest BCUT2D eigenvalue weighted by atomic mass is 10.1. The fourth-order valence-corrected chi connectivity index (χ4v) is 0.647. The van der Waals surface area contributed by atoms with Gasteiger partial charge in [0, 0.05) is 0 Å². The van der Waals surface area contributed by atoms with E-state index >= 15 is 0 Å². The first-order chi connectivity index (χ1) is 4.19. The van der Waals surface area contributed by atoms with Crippen molar-refractivity contribution in [3.8, 4) is 0 Å². The van der Waals surface area contributed by atoms with E-state index in [-0.39, 0.29) is 0 Å². The van der Waals surface area contributed by atoms with Gasteiger partial charge in [0.05, 0.1) is 6.10 Å². The highest BCUT2D eigenvalue weighted by molar-refractivity contribution is 7.87. The summed E-state index contributed by atoms with van der Waals surface area (Å²) in [5.41, 5.74) is 0. The fraction of sp³-hybridized carbons (Fsp3) is 1.00. The lowest BCUT2D eigenvalue weighted by Crippen LogP contribution is -2.41. The van der Waals surface area contributed by atoms with Crippen molar-refractivity contribution in [3.63, 3.8) is 0 Å². The quantitative estimate of drug-likeness (QED) is 0.570. The van der Waals surface area contributed by atoms with Crippen LogP contribution in [0.15, 0.2) is 0 Å². The molecule has 0 aliphatic rings. The molecule has 0 spiro atoms. The predicted molar refractivity (Wildman–Crippen MR) is 37.3 cm³/mol. The highest BCUT2D eigenvalue weighted by Gasteiger charge is 2.37. The number of rotatable bonds is 2. The monoisotopic (exact) mass is 168 g/mol. The van der Waals surface area contributed by atoms with E-state index < -0.39 is 21.0 Å². The van der Waals surface area contributed by atoms with Gasteiger partial charge >= 0.3 is 0 Å². The average molecular weight is 168 g/mol. The van der Waals surface area contributed by atoms with Gasteiger partial charge in [0.25, 0.3) is 10.1 Å². The summed E-state index contributed by atoms with van der Waals surface area (Å²) >= 11 is 0. The molecular formula is C5H12O4S. The first-order valence-corrected chi connectivity index (χ1v) is 4.28. The molecule has 0 aromatic carbocycles. The van der Waals surface area contributed by atoms with Crippen LogP contribution in [-0.2, 0) is 10.1 Å². The second kappa shape index (κ2) is 2.48. The van der Waals surface area contributed by atoms with Crippen LogP contribution in [0.5, 0.6) is 0 Å². The van der Waals surface area contributed by atoms with E-state index in [1.54, 1.807) is 0 Å². The molecule has 62 valence electrons. The van der Waals surface area contributed by atoms with E-state index in [9.17, 15) is 8.42 Å². The van der Waals surface area contributed by atoms with Crippen molar-refractivity contribution < 1.29 is 18.1 Å². The van der Waals surface area contributed by atoms with E-state index in [2.05, 4.69) is 0 Å². The Morgan fingerprint density at radius 1 is 1.40 bits per heavy atom. The number of hydrogen-bond acceptors (Lipinski definition) is 3. The minimum atomic E-state index is -4.15. The van der Waals surface area contributed by atoms with Gasteiger partial charge in [-0.15, -0.1) is 0 Å². The Morgan fingerprint density at radius 3 is 1.70 bits per heavy atom. The molecule has 4 nitrogen and oxygen atoms in total. The lowest BCUT2D eigenvalue weighted by Gasteiger charge is -2.23. The smallest absolute Gasteiger partial charge is 0.272 e. The van der Waals surface area contributed by atoms with Gasteiger partial charge in [-0.2, -0.15) is 8.42 Å². The second-order valence-electron chi connectivity index (χ2n) is 2.75. The Kier molecular flexibility index (Phi) is 2.45. The predicted octanol–water partition coefficient (Wildman–Crippen LogP) is 0.0336. The van der Waals surface area contributed by atoms with Crippen LogP contribution in [0.1, 0.15) is 20.8 Å². The maximum atomic E-state index is 10.5.